The number of aliphatic hydroxyl groups excluding tert-OH is 1. The Kier molecular flexibility index (Phi) is 6.98. The number of halogens is 1. The maximum Gasteiger partial charge on any atom is 0.335 e. The average molecular weight is 508 g/mol. The molecular formula is C27H22ClNO7. The smallest absolute Gasteiger partial charge is 0.335 e. The summed E-state index contributed by atoms with van der Waals surface area (Å²) < 4.78 is 10.7. The van der Waals surface area contributed by atoms with E-state index in [1.54, 1.807) is 48.5 Å². The van der Waals surface area contributed by atoms with Crippen molar-refractivity contribution in [3.05, 3.63) is 99.6 Å². The first kappa shape index (κ1) is 24.8. The molecule has 3 aromatic carbocycles. The average Bonchev–Trinajstić information content (AvgIpc) is 3.13. The van der Waals surface area contributed by atoms with Crippen molar-refractivity contribution in [2.45, 2.75) is 12.6 Å². The number of nitrogens with zero attached hydrogens (tertiary/aromatic N) is 1. The van der Waals surface area contributed by atoms with Crippen molar-refractivity contribution in [3.63, 3.8) is 0 Å². The highest BCUT2D eigenvalue weighted by atomic mass is 35.5. The summed E-state index contributed by atoms with van der Waals surface area (Å²) in [5, 5.41) is 20.8. The van der Waals surface area contributed by atoms with Gasteiger partial charge >= 0.3 is 5.97 Å². The largest absolute Gasteiger partial charge is 0.507 e. The molecule has 2 N–H and O–H groups in total. The van der Waals surface area contributed by atoms with E-state index in [2.05, 4.69) is 0 Å². The highest BCUT2D eigenvalue weighted by Crippen LogP contribution is 2.42. The molecule has 36 heavy (non-hydrogen) atoms. The van der Waals surface area contributed by atoms with Crippen LogP contribution in [0.2, 0.25) is 5.02 Å². The van der Waals surface area contributed by atoms with Gasteiger partial charge in [0.15, 0.2) is 0 Å². The Morgan fingerprint density at radius 2 is 1.69 bits per heavy atom. The van der Waals surface area contributed by atoms with Gasteiger partial charge in [-0.15, -0.1) is 0 Å². The van der Waals surface area contributed by atoms with E-state index >= 15 is 0 Å². The number of carboxylic acid groups (broad SMARTS) is 1. The van der Waals surface area contributed by atoms with Gasteiger partial charge in [0.25, 0.3) is 11.7 Å². The molecule has 0 bridgehead atoms. The van der Waals surface area contributed by atoms with Gasteiger partial charge in [-0.3, -0.25) is 9.59 Å². The molecule has 1 heterocycles. The third-order valence-electron chi connectivity index (χ3n) is 5.92. The molecule has 1 aliphatic rings. The molecule has 184 valence electrons. The number of carbonyl (C=O) groups is 3. The zero-order valence-corrected chi connectivity index (χ0v) is 20.2. The summed E-state index contributed by atoms with van der Waals surface area (Å²) in [5.41, 5.74) is 1.28. The van der Waals surface area contributed by atoms with Gasteiger partial charge in [-0.1, -0.05) is 35.9 Å². The van der Waals surface area contributed by atoms with Gasteiger partial charge in [-0.25, -0.2) is 4.79 Å². The lowest BCUT2D eigenvalue weighted by atomic mass is 9.94. The number of aliphatic hydroxyl groups is 1. The van der Waals surface area contributed by atoms with Crippen molar-refractivity contribution in [2.24, 2.45) is 0 Å². The molecule has 0 aromatic heterocycles. The number of hydrogen-bond donors (Lipinski definition) is 2. The van der Waals surface area contributed by atoms with Crippen molar-refractivity contribution in [1.82, 2.24) is 4.90 Å². The van der Waals surface area contributed by atoms with Crippen LogP contribution in [0.3, 0.4) is 0 Å². The predicted octanol–water partition coefficient (Wildman–Crippen LogP) is 4.68. The number of amides is 1. The standard InChI is InChI=1S/C27H22ClNO7/c1-35-19-5-3-4-17(12-19)23-22(24(30)20-13-18(28)10-11-21(20)36-2)25(31)26(32)29(23)14-15-6-8-16(9-7-15)27(33)34/h3-13,23,30H,14H2,1-2H3,(H,33,34)/b24-22+. The minimum atomic E-state index is -1.08. The molecule has 1 aliphatic heterocycles. The quantitative estimate of drug-likeness (QED) is 0.271. The van der Waals surface area contributed by atoms with E-state index in [9.17, 15) is 19.5 Å². The Hall–Kier alpha value is -4.30. The Bertz CT molecular complexity index is 1380. The Labute approximate surface area is 211 Å². The number of likely N-dealkylation sites (tertiary alicyclic amines) is 1. The molecule has 0 aliphatic carbocycles. The third kappa shape index (κ3) is 4.63. The highest BCUT2D eigenvalue weighted by molar-refractivity contribution is 6.46. The van der Waals surface area contributed by atoms with Crippen LogP contribution < -0.4 is 9.47 Å². The second kappa shape index (κ2) is 10.1. The minimum absolute atomic E-state index is 0.00416. The van der Waals surface area contributed by atoms with E-state index in [-0.39, 0.29) is 29.0 Å². The van der Waals surface area contributed by atoms with Crippen LogP contribution in [0.15, 0.2) is 72.3 Å². The van der Waals surface area contributed by atoms with E-state index in [0.29, 0.717) is 21.9 Å². The molecule has 1 unspecified atom stereocenters. The summed E-state index contributed by atoms with van der Waals surface area (Å²) >= 11 is 6.14. The molecular weight excluding hydrogens is 486 g/mol. The number of carboxylic acids is 1. The normalized spacial score (nSPS) is 16.8. The zero-order chi connectivity index (χ0) is 26.0. The van der Waals surface area contributed by atoms with E-state index in [0.717, 1.165) is 0 Å². The van der Waals surface area contributed by atoms with Crippen LogP contribution in [0.5, 0.6) is 11.5 Å². The van der Waals surface area contributed by atoms with Crippen molar-refractivity contribution >= 4 is 35.0 Å². The van der Waals surface area contributed by atoms with Gasteiger partial charge in [0, 0.05) is 11.6 Å². The molecule has 1 amide bonds. The number of aromatic carboxylic acids is 1. The summed E-state index contributed by atoms with van der Waals surface area (Å²) in [6.07, 6.45) is 0. The molecule has 0 saturated carbocycles. The third-order valence-corrected chi connectivity index (χ3v) is 6.16. The number of hydrogen-bond acceptors (Lipinski definition) is 6. The maximum absolute atomic E-state index is 13.3. The number of rotatable bonds is 7. The van der Waals surface area contributed by atoms with Crippen LogP contribution in [0.25, 0.3) is 5.76 Å². The van der Waals surface area contributed by atoms with Crippen molar-refractivity contribution in [1.29, 1.82) is 0 Å². The molecule has 9 heteroatoms. The monoisotopic (exact) mass is 507 g/mol. The summed E-state index contributed by atoms with van der Waals surface area (Å²) in [6, 6.07) is 16.5. The van der Waals surface area contributed by atoms with Gasteiger partial charge in [-0.2, -0.15) is 0 Å². The first-order valence-corrected chi connectivity index (χ1v) is 11.2. The Morgan fingerprint density at radius 1 is 0.972 bits per heavy atom. The van der Waals surface area contributed by atoms with E-state index in [4.69, 9.17) is 26.2 Å². The van der Waals surface area contributed by atoms with E-state index in [1.165, 1.54) is 37.3 Å². The number of ether oxygens (including phenoxy) is 2. The molecule has 0 spiro atoms. The minimum Gasteiger partial charge on any atom is -0.507 e. The predicted molar refractivity (Wildman–Crippen MR) is 132 cm³/mol. The highest BCUT2D eigenvalue weighted by Gasteiger charge is 2.46. The molecule has 8 nitrogen and oxygen atoms in total. The number of Topliss-reactive ketones (excluding diaryl/α,β-unsaturated/α-hetero) is 1. The second-order valence-corrected chi connectivity index (χ2v) is 8.49. The lowest BCUT2D eigenvalue weighted by Crippen LogP contribution is -2.29. The van der Waals surface area contributed by atoms with Crippen LogP contribution in [0, 0.1) is 0 Å². The van der Waals surface area contributed by atoms with Gasteiger partial charge in [-0.05, 0) is 53.6 Å². The topological polar surface area (TPSA) is 113 Å². The van der Waals surface area contributed by atoms with Crippen LogP contribution in [-0.2, 0) is 16.1 Å². The lowest BCUT2D eigenvalue weighted by Gasteiger charge is -2.26. The number of benzene rings is 3. The molecule has 4 rings (SSSR count). The molecule has 1 fully saturated rings. The Balaban J connectivity index is 1.88. The van der Waals surface area contributed by atoms with Crippen molar-refractivity contribution in [2.75, 3.05) is 14.2 Å². The summed E-state index contributed by atoms with van der Waals surface area (Å²) in [5.74, 6) is -2.41. The van der Waals surface area contributed by atoms with E-state index in [1.807, 2.05) is 0 Å². The van der Waals surface area contributed by atoms with Gasteiger partial charge < -0.3 is 24.6 Å². The first-order chi connectivity index (χ1) is 17.2. The summed E-state index contributed by atoms with van der Waals surface area (Å²) in [4.78, 5) is 39.1. The summed E-state index contributed by atoms with van der Waals surface area (Å²) in [7, 11) is 2.91. The summed E-state index contributed by atoms with van der Waals surface area (Å²) in [6.45, 7) is -0.00416. The molecule has 1 atom stereocenters. The lowest BCUT2D eigenvalue weighted by molar-refractivity contribution is -0.140. The fourth-order valence-electron chi connectivity index (χ4n) is 4.16. The van der Waals surface area contributed by atoms with Crippen molar-refractivity contribution in [3.8, 4) is 11.5 Å². The molecule has 1 saturated heterocycles. The number of ketones is 1. The van der Waals surface area contributed by atoms with Gasteiger partial charge in [0.2, 0.25) is 0 Å². The second-order valence-electron chi connectivity index (χ2n) is 8.05. The van der Waals surface area contributed by atoms with Crippen LogP contribution >= 0.6 is 11.6 Å². The number of carbonyl (C=O) groups excluding carboxylic acids is 2. The Morgan fingerprint density at radius 3 is 2.33 bits per heavy atom. The molecule has 3 aromatic rings. The first-order valence-electron chi connectivity index (χ1n) is 10.8. The van der Waals surface area contributed by atoms with Crippen LogP contribution in [0.4, 0.5) is 0 Å². The SMILES string of the molecule is COc1cccc(C2/C(=C(\O)c3cc(Cl)ccc3OC)C(=O)C(=O)N2Cc2ccc(C(=O)O)cc2)c1. The number of methoxy groups -OCH3 is 2. The molecule has 0 radical (unpaired) electrons. The van der Waals surface area contributed by atoms with Crippen LogP contribution in [0.1, 0.15) is 33.1 Å². The zero-order valence-electron chi connectivity index (χ0n) is 19.4. The fourth-order valence-corrected chi connectivity index (χ4v) is 4.33. The van der Waals surface area contributed by atoms with Crippen molar-refractivity contribution < 1.29 is 34.1 Å². The van der Waals surface area contributed by atoms with Gasteiger partial charge in [0.05, 0.1) is 37.0 Å². The fraction of sp³-hybridized carbons (Fsp3) is 0.148. The van der Waals surface area contributed by atoms with E-state index < -0.39 is 29.5 Å². The van der Waals surface area contributed by atoms with Crippen LogP contribution in [-0.4, -0.2) is 47.0 Å². The van der Waals surface area contributed by atoms with Gasteiger partial charge in [0.1, 0.15) is 17.3 Å². The maximum atomic E-state index is 13.3.